The molecule has 3 N–H and O–H groups in total. The van der Waals surface area contributed by atoms with Gasteiger partial charge < -0.3 is 15.4 Å². The largest absolute Gasteiger partial charge is 0.447 e. The molecular formula is C25H27N7O4S. The van der Waals surface area contributed by atoms with E-state index < -0.39 is 6.09 Å². The molecule has 0 saturated carbocycles. The number of imidazole rings is 1. The molecule has 0 unspecified atom stereocenters. The van der Waals surface area contributed by atoms with Crippen LogP contribution in [0.25, 0.3) is 17.0 Å². The Morgan fingerprint density at radius 1 is 0.973 bits per heavy atom. The molecule has 0 spiro atoms. The summed E-state index contributed by atoms with van der Waals surface area (Å²) in [5.74, 6) is 0.0629. The summed E-state index contributed by atoms with van der Waals surface area (Å²) in [6.45, 7) is 9.08. The third-order valence-corrected chi connectivity index (χ3v) is 6.03. The zero-order valence-corrected chi connectivity index (χ0v) is 21.8. The van der Waals surface area contributed by atoms with Crippen molar-refractivity contribution < 1.29 is 19.1 Å². The lowest BCUT2D eigenvalue weighted by Gasteiger charge is -2.13. The van der Waals surface area contributed by atoms with Crippen LogP contribution < -0.4 is 16.0 Å². The van der Waals surface area contributed by atoms with E-state index in [-0.39, 0.29) is 23.8 Å². The minimum absolute atomic E-state index is 0.197. The highest BCUT2D eigenvalue weighted by molar-refractivity contribution is 7.17. The van der Waals surface area contributed by atoms with Crippen molar-refractivity contribution in [2.24, 2.45) is 0 Å². The van der Waals surface area contributed by atoms with E-state index in [0.29, 0.717) is 32.9 Å². The molecule has 4 aromatic rings. The summed E-state index contributed by atoms with van der Waals surface area (Å²) >= 11 is 1.09. The van der Waals surface area contributed by atoms with Crippen LogP contribution in [0.15, 0.2) is 43.0 Å². The van der Waals surface area contributed by atoms with E-state index in [9.17, 15) is 14.4 Å². The molecule has 3 aromatic heterocycles. The average molecular weight is 522 g/mol. The van der Waals surface area contributed by atoms with Gasteiger partial charge >= 0.3 is 6.09 Å². The van der Waals surface area contributed by atoms with Gasteiger partial charge in [-0.15, -0.1) is 0 Å². The zero-order chi connectivity index (χ0) is 26.7. The summed E-state index contributed by atoms with van der Waals surface area (Å²) in [6, 6.07) is 5.66. The van der Waals surface area contributed by atoms with Crippen LogP contribution in [-0.2, 0) is 9.53 Å². The van der Waals surface area contributed by atoms with Crippen LogP contribution in [0.4, 0.5) is 21.3 Å². The maximum absolute atomic E-state index is 12.8. The summed E-state index contributed by atoms with van der Waals surface area (Å²) < 4.78 is 6.84. The van der Waals surface area contributed by atoms with Crippen molar-refractivity contribution in [3.8, 4) is 11.3 Å². The molecule has 3 amide bonds. The molecule has 0 aliphatic rings. The first kappa shape index (κ1) is 25.8. The normalized spacial score (nSPS) is 11.1. The van der Waals surface area contributed by atoms with E-state index in [1.165, 1.54) is 19.3 Å². The fourth-order valence-electron chi connectivity index (χ4n) is 3.58. The second kappa shape index (κ2) is 10.7. The third-order valence-electron chi connectivity index (χ3n) is 5.12. The van der Waals surface area contributed by atoms with Crippen LogP contribution in [0.1, 0.15) is 55.8 Å². The number of aromatic nitrogens is 4. The molecule has 0 fully saturated rings. The van der Waals surface area contributed by atoms with Gasteiger partial charge in [0.2, 0.25) is 11.7 Å². The molecule has 0 bridgehead atoms. The summed E-state index contributed by atoms with van der Waals surface area (Å²) in [5, 5.41) is 8.47. The number of nitrogens with zero attached hydrogens (tertiary/aromatic N) is 4. The highest BCUT2D eigenvalue weighted by atomic mass is 32.1. The fraction of sp³-hybridized carbons (Fsp3) is 0.280. The van der Waals surface area contributed by atoms with E-state index in [1.807, 2.05) is 24.4 Å². The first-order valence-electron chi connectivity index (χ1n) is 11.6. The Bertz CT molecular complexity index is 1470. The SMILES string of the molecule is CC(=O)Nc1ncc(C(=O)Nc2ccc(C(C)C)c(-c3cn4cc(NC(=O)OC(C)C)cnc4n3)c2)s1. The van der Waals surface area contributed by atoms with Crippen molar-refractivity contribution in [3.63, 3.8) is 0 Å². The van der Waals surface area contributed by atoms with Crippen molar-refractivity contribution in [3.05, 3.63) is 53.4 Å². The zero-order valence-electron chi connectivity index (χ0n) is 21.0. The second-order valence-corrected chi connectivity index (χ2v) is 9.91. The van der Waals surface area contributed by atoms with Gasteiger partial charge in [-0.2, -0.15) is 0 Å². The van der Waals surface area contributed by atoms with Gasteiger partial charge in [0.25, 0.3) is 5.91 Å². The molecule has 3 heterocycles. The quantitative estimate of drug-likeness (QED) is 0.306. The van der Waals surface area contributed by atoms with E-state index in [0.717, 1.165) is 22.5 Å². The van der Waals surface area contributed by atoms with Crippen molar-refractivity contribution in [1.82, 2.24) is 19.4 Å². The van der Waals surface area contributed by atoms with E-state index in [1.54, 1.807) is 24.4 Å². The first-order valence-corrected chi connectivity index (χ1v) is 12.4. The molecule has 0 saturated heterocycles. The number of amides is 3. The van der Waals surface area contributed by atoms with Gasteiger partial charge in [-0.3, -0.25) is 19.3 Å². The Morgan fingerprint density at radius 3 is 2.46 bits per heavy atom. The highest BCUT2D eigenvalue weighted by Gasteiger charge is 2.17. The molecule has 192 valence electrons. The Kier molecular flexibility index (Phi) is 7.48. The lowest BCUT2D eigenvalue weighted by Crippen LogP contribution is -2.18. The standard InChI is InChI=1S/C25H27N7O4S/c1-13(2)18-7-6-16(29-22(34)21-10-27-24(37-21)28-15(5)33)8-19(18)20-12-32-11-17(9-26-23(32)31-20)30-25(35)36-14(3)4/h6-14H,1-5H3,(H,29,34)(H,30,35)(H,27,28,33). The second-order valence-electron chi connectivity index (χ2n) is 8.88. The average Bonchev–Trinajstić information content (AvgIpc) is 3.44. The Hall–Kier alpha value is -4.32. The molecular weight excluding hydrogens is 494 g/mol. The van der Waals surface area contributed by atoms with Gasteiger partial charge in [0.15, 0.2) is 5.13 Å². The van der Waals surface area contributed by atoms with Crippen LogP contribution in [0.3, 0.4) is 0 Å². The van der Waals surface area contributed by atoms with E-state index in [2.05, 4.69) is 44.7 Å². The van der Waals surface area contributed by atoms with Gasteiger partial charge in [0.05, 0.1) is 29.9 Å². The summed E-state index contributed by atoms with van der Waals surface area (Å²) in [6.07, 6.45) is 5.65. The number of hydrogen-bond acceptors (Lipinski definition) is 8. The molecule has 0 aliphatic carbocycles. The number of hydrogen-bond donors (Lipinski definition) is 3. The monoisotopic (exact) mass is 521 g/mol. The maximum atomic E-state index is 12.8. The van der Waals surface area contributed by atoms with Crippen LogP contribution in [0.5, 0.6) is 0 Å². The predicted molar refractivity (Wildman–Crippen MR) is 142 cm³/mol. The Morgan fingerprint density at radius 2 is 1.76 bits per heavy atom. The van der Waals surface area contributed by atoms with Crippen LogP contribution in [0, 0.1) is 0 Å². The molecule has 11 nitrogen and oxygen atoms in total. The van der Waals surface area contributed by atoms with Crippen molar-refractivity contribution >= 4 is 51.5 Å². The fourth-order valence-corrected chi connectivity index (χ4v) is 4.34. The van der Waals surface area contributed by atoms with Gasteiger partial charge in [0.1, 0.15) is 4.88 Å². The lowest BCUT2D eigenvalue weighted by atomic mass is 9.95. The van der Waals surface area contributed by atoms with Gasteiger partial charge in [-0.1, -0.05) is 31.3 Å². The van der Waals surface area contributed by atoms with Crippen molar-refractivity contribution in [1.29, 1.82) is 0 Å². The highest BCUT2D eigenvalue weighted by Crippen LogP contribution is 2.32. The number of carbonyl (C=O) groups is 3. The smallest absolute Gasteiger partial charge is 0.411 e. The summed E-state index contributed by atoms with van der Waals surface area (Å²) in [4.78, 5) is 49.4. The first-order chi connectivity index (χ1) is 17.6. The van der Waals surface area contributed by atoms with E-state index in [4.69, 9.17) is 4.74 Å². The van der Waals surface area contributed by atoms with Gasteiger partial charge in [-0.05, 0) is 37.5 Å². The summed E-state index contributed by atoms with van der Waals surface area (Å²) in [5.41, 5.74) is 3.61. The van der Waals surface area contributed by atoms with Crippen LogP contribution in [-0.4, -0.2) is 43.4 Å². The number of benzene rings is 1. The topological polar surface area (TPSA) is 140 Å². The number of nitrogens with one attached hydrogen (secondary N) is 3. The number of ether oxygens (including phenoxy) is 1. The minimum atomic E-state index is -0.563. The molecule has 12 heteroatoms. The van der Waals surface area contributed by atoms with Crippen LogP contribution >= 0.6 is 11.3 Å². The predicted octanol–water partition coefficient (Wildman–Crippen LogP) is 5.14. The summed E-state index contributed by atoms with van der Waals surface area (Å²) in [7, 11) is 0. The Labute approximate surface area is 217 Å². The Balaban J connectivity index is 1.60. The molecule has 0 radical (unpaired) electrons. The number of thiazole rings is 1. The van der Waals surface area contributed by atoms with E-state index >= 15 is 0 Å². The van der Waals surface area contributed by atoms with Crippen molar-refractivity contribution in [2.75, 3.05) is 16.0 Å². The van der Waals surface area contributed by atoms with Crippen LogP contribution in [0.2, 0.25) is 0 Å². The number of rotatable bonds is 7. The number of anilines is 3. The minimum Gasteiger partial charge on any atom is -0.447 e. The molecule has 37 heavy (non-hydrogen) atoms. The van der Waals surface area contributed by atoms with Crippen molar-refractivity contribution in [2.45, 2.75) is 46.6 Å². The van der Waals surface area contributed by atoms with Gasteiger partial charge in [0, 0.05) is 30.6 Å². The molecule has 1 aromatic carbocycles. The number of carbonyl (C=O) groups excluding carboxylic acids is 3. The third kappa shape index (κ3) is 6.28. The number of fused-ring (bicyclic) bond motifs is 1. The molecule has 0 atom stereocenters. The lowest BCUT2D eigenvalue weighted by molar-refractivity contribution is -0.114. The molecule has 0 aliphatic heterocycles. The molecule has 4 rings (SSSR count). The maximum Gasteiger partial charge on any atom is 0.411 e. The van der Waals surface area contributed by atoms with Gasteiger partial charge in [-0.25, -0.2) is 19.7 Å².